The first kappa shape index (κ1) is 17.2. The topological polar surface area (TPSA) is 74.3 Å². The molecule has 0 atom stereocenters. The van der Waals surface area contributed by atoms with Crippen LogP contribution in [0.3, 0.4) is 0 Å². The summed E-state index contributed by atoms with van der Waals surface area (Å²) in [6.45, 7) is 0.0396. The summed E-state index contributed by atoms with van der Waals surface area (Å²) < 4.78 is 24.6. The Bertz CT molecular complexity index is 1190. The minimum absolute atomic E-state index is 0.0396. The van der Waals surface area contributed by atoms with Gasteiger partial charge in [-0.25, -0.2) is 14.2 Å². The molecular formula is C19H13FN2O4S. The van der Waals surface area contributed by atoms with Gasteiger partial charge in [-0.15, -0.1) is 11.3 Å². The molecule has 0 radical (unpaired) electrons. The zero-order chi connectivity index (χ0) is 19.0. The van der Waals surface area contributed by atoms with E-state index in [9.17, 15) is 14.0 Å². The van der Waals surface area contributed by atoms with Crippen LogP contribution in [0, 0.1) is 5.82 Å². The van der Waals surface area contributed by atoms with Gasteiger partial charge < -0.3 is 9.15 Å². The van der Waals surface area contributed by atoms with Crippen molar-refractivity contribution in [1.29, 1.82) is 0 Å². The number of esters is 1. The number of nitrogens with zero attached hydrogens (tertiary/aromatic N) is 2. The lowest BCUT2D eigenvalue weighted by Crippen LogP contribution is -2.21. The van der Waals surface area contributed by atoms with E-state index >= 15 is 0 Å². The molecule has 0 saturated carbocycles. The lowest BCUT2D eigenvalue weighted by Gasteiger charge is -2.06. The number of hydrogen-bond acceptors (Lipinski definition) is 6. The summed E-state index contributed by atoms with van der Waals surface area (Å²) in [5.74, 6) is -0.575. The molecule has 0 unspecified atom stereocenters. The first-order valence-electron chi connectivity index (χ1n) is 7.95. The molecule has 0 spiro atoms. The average Bonchev–Trinajstić information content (AvgIpc) is 3.31. The maximum absolute atomic E-state index is 13.2. The highest BCUT2D eigenvalue weighted by molar-refractivity contribution is 7.17. The maximum Gasteiger partial charge on any atom is 0.341 e. The van der Waals surface area contributed by atoms with Crippen molar-refractivity contribution >= 4 is 27.5 Å². The molecule has 0 aliphatic heterocycles. The summed E-state index contributed by atoms with van der Waals surface area (Å²) in [7, 11) is 1.28. The van der Waals surface area contributed by atoms with Gasteiger partial charge >= 0.3 is 5.97 Å². The van der Waals surface area contributed by atoms with Crippen LogP contribution in [0.2, 0.25) is 0 Å². The smallest absolute Gasteiger partial charge is 0.341 e. The van der Waals surface area contributed by atoms with Crippen molar-refractivity contribution in [3.05, 3.63) is 75.8 Å². The summed E-state index contributed by atoms with van der Waals surface area (Å²) in [5.41, 5.74) is 1.41. The number of thiophene rings is 1. The number of rotatable bonds is 4. The van der Waals surface area contributed by atoms with E-state index in [1.54, 1.807) is 12.1 Å². The number of methoxy groups -OCH3 is 1. The fourth-order valence-corrected chi connectivity index (χ4v) is 3.74. The first-order chi connectivity index (χ1) is 13.1. The van der Waals surface area contributed by atoms with E-state index in [1.807, 2.05) is 5.38 Å². The van der Waals surface area contributed by atoms with E-state index in [4.69, 9.17) is 9.15 Å². The SMILES string of the molecule is COC(=O)c1ccoc1Cn1cnc2scc(-c3ccc(F)cc3)c2c1=O. The van der Waals surface area contributed by atoms with E-state index in [2.05, 4.69) is 4.98 Å². The Kier molecular flexibility index (Phi) is 4.33. The van der Waals surface area contributed by atoms with Gasteiger partial charge in [0.05, 0.1) is 31.6 Å². The van der Waals surface area contributed by atoms with Crippen LogP contribution in [-0.4, -0.2) is 22.6 Å². The molecule has 1 aromatic carbocycles. The number of fused-ring (bicyclic) bond motifs is 1. The Balaban J connectivity index is 1.80. The number of hydrogen-bond donors (Lipinski definition) is 0. The number of carbonyl (C=O) groups excluding carboxylic acids is 1. The van der Waals surface area contributed by atoms with Crippen molar-refractivity contribution in [3.63, 3.8) is 0 Å². The van der Waals surface area contributed by atoms with Gasteiger partial charge in [-0.1, -0.05) is 12.1 Å². The number of carbonyl (C=O) groups is 1. The van der Waals surface area contributed by atoms with Gasteiger partial charge in [0.1, 0.15) is 22.0 Å². The second-order valence-corrected chi connectivity index (χ2v) is 6.62. The Morgan fingerprint density at radius 1 is 1.30 bits per heavy atom. The Morgan fingerprint density at radius 2 is 2.07 bits per heavy atom. The highest BCUT2D eigenvalue weighted by atomic mass is 32.1. The van der Waals surface area contributed by atoms with Crippen LogP contribution >= 0.6 is 11.3 Å². The number of furan rings is 1. The molecule has 0 amide bonds. The van der Waals surface area contributed by atoms with Gasteiger partial charge in [-0.05, 0) is 23.8 Å². The van der Waals surface area contributed by atoms with E-state index in [0.717, 1.165) is 5.56 Å². The standard InChI is InChI=1S/C19H13FN2O4S/c1-25-19(24)13-6-7-26-15(13)8-22-10-21-17-16(18(22)23)14(9-27-17)11-2-4-12(20)5-3-11/h2-7,9-10H,8H2,1H3. The van der Waals surface area contributed by atoms with Crippen LogP contribution in [0.5, 0.6) is 0 Å². The molecule has 0 N–H and O–H groups in total. The molecule has 27 heavy (non-hydrogen) atoms. The summed E-state index contributed by atoms with van der Waals surface area (Å²) in [6.07, 6.45) is 2.78. The van der Waals surface area contributed by atoms with E-state index in [0.29, 0.717) is 21.5 Å². The minimum atomic E-state index is -0.539. The van der Waals surface area contributed by atoms with Crippen molar-refractivity contribution < 1.29 is 18.3 Å². The number of ether oxygens (including phenoxy) is 1. The van der Waals surface area contributed by atoms with Crippen molar-refractivity contribution in [3.8, 4) is 11.1 Å². The first-order valence-corrected chi connectivity index (χ1v) is 8.83. The predicted octanol–water partition coefficient (Wildman–Crippen LogP) is 3.69. The Labute approximate surface area is 156 Å². The van der Waals surface area contributed by atoms with Crippen LogP contribution in [0.1, 0.15) is 16.1 Å². The molecule has 0 bridgehead atoms. The lowest BCUT2D eigenvalue weighted by molar-refractivity contribution is 0.0598. The lowest BCUT2D eigenvalue weighted by atomic mass is 10.1. The summed E-state index contributed by atoms with van der Waals surface area (Å²) in [6, 6.07) is 7.43. The molecule has 8 heteroatoms. The van der Waals surface area contributed by atoms with Gasteiger partial charge in [0.25, 0.3) is 5.56 Å². The minimum Gasteiger partial charge on any atom is -0.467 e. The Morgan fingerprint density at radius 3 is 2.81 bits per heavy atom. The largest absolute Gasteiger partial charge is 0.467 e. The highest BCUT2D eigenvalue weighted by Crippen LogP contribution is 2.30. The number of benzene rings is 1. The van der Waals surface area contributed by atoms with E-state index in [-0.39, 0.29) is 23.5 Å². The quantitative estimate of drug-likeness (QED) is 0.502. The zero-order valence-electron chi connectivity index (χ0n) is 14.1. The maximum atomic E-state index is 13.2. The third kappa shape index (κ3) is 3.04. The molecule has 3 aromatic heterocycles. The molecular weight excluding hydrogens is 371 g/mol. The van der Waals surface area contributed by atoms with Crippen LogP contribution in [0.4, 0.5) is 4.39 Å². The third-order valence-electron chi connectivity index (χ3n) is 4.18. The van der Waals surface area contributed by atoms with E-state index < -0.39 is 5.97 Å². The van der Waals surface area contributed by atoms with Crippen LogP contribution in [0.25, 0.3) is 21.3 Å². The van der Waals surface area contributed by atoms with Gasteiger partial charge in [0, 0.05) is 10.9 Å². The molecule has 0 fully saturated rings. The average molecular weight is 384 g/mol. The second kappa shape index (κ2) is 6.81. The molecule has 0 aliphatic rings. The second-order valence-electron chi connectivity index (χ2n) is 5.76. The van der Waals surface area contributed by atoms with Crippen molar-refractivity contribution in [2.45, 2.75) is 6.54 Å². The molecule has 6 nitrogen and oxygen atoms in total. The van der Waals surface area contributed by atoms with Gasteiger partial charge in [0.2, 0.25) is 0 Å². The fraction of sp³-hybridized carbons (Fsp3) is 0.105. The van der Waals surface area contributed by atoms with Gasteiger partial charge in [0.15, 0.2) is 0 Å². The molecule has 0 aliphatic carbocycles. The van der Waals surface area contributed by atoms with Gasteiger partial charge in [-0.2, -0.15) is 0 Å². The number of halogens is 1. The van der Waals surface area contributed by atoms with Crippen LogP contribution in [-0.2, 0) is 11.3 Å². The van der Waals surface area contributed by atoms with Crippen molar-refractivity contribution in [2.24, 2.45) is 0 Å². The molecule has 4 aromatic rings. The van der Waals surface area contributed by atoms with Gasteiger partial charge in [-0.3, -0.25) is 9.36 Å². The zero-order valence-corrected chi connectivity index (χ0v) is 15.0. The molecule has 3 heterocycles. The molecule has 0 saturated heterocycles. The normalized spacial score (nSPS) is 11.0. The van der Waals surface area contributed by atoms with Crippen molar-refractivity contribution in [1.82, 2.24) is 9.55 Å². The number of aromatic nitrogens is 2. The Hall–Kier alpha value is -3.26. The van der Waals surface area contributed by atoms with Crippen molar-refractivity contribution in [2.75, 3.05) is 7.11 Å². The monoisotopic (exact) mass is 384 g/mol. The molecule has 136 valence electrons. The van der Waals surface area contributed by atoms with Crippen LogP contribution in [0.15, 0.2) is 57.5 Å². The highest BCUT2D eigenvalue weighted by Gasteiger charge is 2.18. The third-order valence-corrected chi connectivity index (χ3v) is 5.07. The summed E-state index contributed by atoms with van der Waals surface area (Å²) in [5, 5.41) is 2.27. The predicted molar refractivity (Wildman–Crippen MR) is 98.4 cm³/mol. The fourth-order valence-electron chi connectivity index (χ4n) is 2.83. The summed E-state index contributed by atoms with van der Waals surface area (Å²) >= 11 is 1.34. The van der Waals surface area contributed by atoms with Crippen LogP contribution < -0.4 is 5.56 Å². The molecule has 4 rings (SSSR count). The summed E-state index contributed by atoms with van der Waals surface area (Å²) in [4.78, 5) is 29.7. The van der Waals surface area contributed by atoms with E-state index in [1.165, 1.54) is 53.8 Å².